The highest BCUT2D eigenvalue weighted by Gasteiger charge is 2.24. The number of furan rings is 1. The Hall–Kier alpha value is -1.86. The van der Waals surface area contributed by atoms with Crippen LogP contribution in [0.3, 0.4) is 0 Å². The highest BCUT2D eigenvalue weighted by Crippen LogP contribution is 2.24. The summed E-state index contributed by atoms with van der Waals surface area (Å²) < 4.78 is 5.71. The second-order valence-electron chi connectivity index (χ2n) is 6.68. The second-order valence-corrected chi connectivity index (χ2v) is 7.96. The van der Waals surface area contributed by atoms with E-state index in [0.29, 0.717) is 0 Å². The summed E-state index contributed by atoms with van der Waals surface area (Å²) in [5.74, 6) is 1.83. The number of hydrogen-bond donors (Lipinski definition) is 2. The molecule has 2 N–H and O–H groups in total. The van der Waals surface area contributed by atoms with Crippen molar-refractivity contribution in [2.45, 2.75) is 45.7 Å². The van der Waals surface area contributed by atoms with Crippen molar-refractivity contribution in [2.24, 2.45) is 4.99 Å². The third-order valence-corrected chi connectivity index (χ3v) is 5.88. The zero-order chi connectivity index (χ0) is 18.4. The number of nitrogens with zero attached hydrogens (tertiary/aromatic N) is 3. The van der Waals surface area contributed by atoms with Gasteiger partial charge in [0, 0.05) is 18.5 Å². The van der Waals surface area contributed by atoms with Crippen LogP contribution in [-0.2, 0) is 6.54 Å². The van der Waals surface area contributed by atoms with E-state index in [2.05, 4.69) is 38.5 Å². The van der Waals surface area contributed by atoms with Gasteiger partial charge in [-0.1, -0.05) is 6.42 Å². The minimum absolute atomic E-state index is 0.233. The van der Waals surface area contributed by atoms with E-state index in [4.69, 9.17) is 4.42 Å². The van der Waals surface area contributed by atoms with Gasteiger partial charge >= 0.3 is 0 Å². The number of hydrogen-bond acceptors (Lipinski definition) is 5. The lowest BCUT2D eigenvalue weighted by molar-refractivity contribution is 0.146. The SMILES string of the molecule is CN=C(NCc1sc(C)nc1C)NCC(c1ccco1)N1CCCCC1. The van der Waals surface area contributed by atoms with Crippen LogP contribution in [0.15, 0.2) is 27.8 Å². The zero-order valence-corrected chi connectivity index (χ0v) is 16.7. The summed E-state index contributed by atoms with van der Waals surface area (Å²) in [6.45, 7) is 7.86. The van der Waals surface area contributed by atoms with E-state index in [0.717, 1.165) is 48.6 Å². The van der Waals surface area contributed by atoms with Gasteiger partial charge in [-0.15, -0.1) is 11.3 Å². The standard InChI is InChI=1S/C19H29N5OS/c1-14-18(26-15(2)23-14)13-22-19(20-3)21-12-16(17-8-7-11-25-17)24-9-5-4-6-10-24/h7-8,11,16H,4-6,9-10,12-13H2,1-3H3,(H2,20,21,22). The average Bonchev–Trinajstić information content (AvgIpc) is 3.28. The fraction of sp³-hybridized carbons (Fsp3) is 0.579. The fourth-order valence-electron chi connectivity index (χ4n) is 3.44. The molecule has 0 amide bonds. The number of aliphatic imine (C=N–C) groups is 1. The fourth-order valence-corrected chi connectivity index (χ4v) is 4.31. The van der Waals surface area contributed by atoms with Crippen molar-refractivity contribution in [1.29, 1.82) is 0 Å². The Bertz CT molecular complexity index is 704. The van der Waals surface area contributed by atoms with Gasteiger partial charge in [0.05, 0.1) is 29.6 Å². The third kappa shape index (κ3) is 4.86. The molecule has 0 spiro atoms. The molecule has 1 saturated heterocycles. The van der Waals surface area contributed by atoms with E-state index in [1.807, 2.05) is 20.0 Å². The Kier molecular flexibility index (Phi) is 6.68. The molecular weight excluding hydrogens is 346 g/mol. The van der Waals surface area contributed by atoms with Crippen molar-refractivity contribution in [3.63, 3.8) is 0 Å². The Balaban J connectivity index is 1.58. The smallest absolute Gasteiger partial charge is 0.191 e. The first-order valence-electron chi connectivity index (χ1n) is 9.32. The zero-order valence-electron chi connectivity index (χ0n) is 15.9. The first-order valence-corrected chi connectivity index (χ1v) is 10.1. The third-order valence-electron chi connectivity index (χ3n) is 4.81. The van der Waals surface area contributed by atoms with Gasteiger partial charge in [0.2, 0.25) is 0 Å². The number of rotatable bonds is 6. The predicted molar refractivity (Wildman–Crippen MR) is 107 cm³/mol. The van der Waals surface area contributed by atoms with Crippen LogP contribution in [0, 0.1) is 13.8 Å². The topological polar surface area (TPSA) is 65.7 Å². The van der Waals surface area contributed by atoms with Crippen molar-refractivity contribution >= 4 is 17.3 Å². The number of guanidine groups is 1. The Morgan fingerprint density at radius 1 is 1.31 bits per heavy atom. The number of piperidine rings is 1. The highest BCUT2D eigenvalue weighted by atomic mass is 32.1. The molecule has 2 aromatic rings. The van der Waals surface area contributed by atoms with Crippen LogP contribution in [0.1, 0.15) is 46.6 Å². The molecule has 1 aliphatic heterocycles. The Morgan fingerprint density at radius 3 is 2.73 bits per heavy atom. The molecule has 0 radical (unpaired) electrons. The molecule has 1 aliphatic rings. The molecule has 0 saturated carbocycles. The van der Waals surface area contributed by atoms with Gasteiger partial charge in [0.25, 0.3) is 0 Å². The second kappa shape index (κ2) is 9.19. The van der Waals surface area contributed by atoms with Gasteiger partial charge in [0.15, 0.2) is 5.96 Å². The molecular formula is C19H29N5OS. The van der Waals surface area contributed by atoms with Crippen molar-refractivity contribution in [3.05, 3.63) is 39.7 Å². The summed E-state index contributed by atoms with van der Waals surface area (Å²) >= 11 is 1.73. The molecule has 1 unspecified atom stereocenters. The number of aryl methyl sites for hydroxylation is 2. The predicted octanol–water partition coefficient (Wildman–Crippen LogP) is 3.25. The molecule has 3 heterocycles. The van der Waals surface area contributed by atoms with Crippen LogP contribution < -0.4 is 10.6 Å². The van der Waals surface area contributed by atoms with Gasteiger partial charge in [-0.05, 0) is 51.9 Å². The molecule has 0 aliphatic carbocycles. The van der Waals surface area contributed by atoms with Gasteiger partial charge in [0.1, 0.15) is 5.76 Å². The molecule has 0 aromatic carbocycles. The molecule has 142 valence electrons. The lowest BCUT2D eigenvalue weighted by Crippen LogP contribution is -2.44. The van der Waals surface area contributed by atoms with Gasteiger partial charge in [-0.3, -0.25) is 9.89 Å². The molecule has 7 heteroatoms. The molecule has 2 aromatic heterocycles. The van der Waals surface area contributed by atoms with Crippen LogP contribution in [0.25, 0.3) is 0 Å². The maximum Gasteiger partial charge on any atom is 0.191 e. The summed E-state index contributed by atoms with van der Waals surface area (Å²) in [6.07, 6.45) is 5.60. The van der Waals surface area contributed by atoms with E-state index >= 15 is 0 Å². The number of likely N-dealkylation sites (tertiary alicyclic amines) is 1. The summed E-state index contributed by atoms with van der Waals surface area (Å²) in [7, 11) is 1.81. The van der Waals surface area contributed by atoms with Gasteiger partial charge < -0.3 is 15.1 Å². The molecule has 3 rings (SSSR count). The summed E-state index contributed by atoms with van der Waals surface area (Å²) in [4.78, 5) is 12.6. The van der Waals surface area contributed by atoms with E-state index in [1.54, 1.807) is 17.6 Å². The lowest BCUT2D eigenvalue weighted by Gasteiger charge is -2.33. The maximum atomic E-state index is 5.71. The van der Waals surface area contributed by atoms with Crippen LogP contribution in [0.2, 0.25) is 0 Å². The normalized spacial score (nSPS) is 17.3. The number of aromatic nitrogens is 1. The van der Waals surface area contributed by atoms with Crippen LogP contribution >= 0.6 is 11.3 Å². The molecule has 0 bridgehead atoms. The molecule has 1 atom stereocenters. The first-order chi connectivity index (χ1) is 12.7. The minimum atomic E-state index is 0.233. The summed E-state index contributed by atoms with van der Waals surface area (Å²) in [5, 5.41) is 7.98. The first kappa shape index (κ1) is 18.9. The average molecular weight is 376 g/mol. The lowest BCUT2D eigenvalue weighted by atomic mass is 10.1. The van der Waals surface area contributed by atoms with E-state index in [1.165, 1.54) is 24.1 Å². The van der Waals surface area contributed by atoms with E-state index in [-0.39, 0.29) is 6.04 Å². The summed E-state index contributed by atoms with van der Waals surface area (Å²) in [6, 6.07) is 4.27. The quantitative estimate of drug-likeness (QED) is 0.599. The number of nitrogens with one attached hydrogen (secondary N) is 2. The maximum absolute atomic E-state index is 5.71. The van der Waals surface area contributed by atoms with Crippen LogP contribution in [0.4, 0.5) is 0 Å². The van der Waals surface area contributed by atoms with Gasteiger partial charge in [-0.25, -0.2) is 4.98 Å². The summed E-state index contributed by atoms with van der Waals surface area (Å²) in [5.41, 5.74) is 1.09. The van der Waals surface area contributed by atoms with Gasteiger partial charge in [-0.2, -0.15) is 0 Å². The van der Waals surface area contributed by atoms with Crippen LogP contribution in [0.5, 0.6) is 0 Å². The Morgan fingerprint density at radius 2 is 2.12 bits per heavy atom. The van der Waals surface area contributed by atoms with Crippen molar-refractivity contribution in [3.8, 4) is 0 Å². The Labute approximate surface area is 159 Å². The van der Waals surface area contributed by atoms with Crippen LogP contribution in [-0.4, -0.2) is 42.5 Å². The molecule has 1 fully saturated rings. The van der Waals surface area contributed by atoms with Crippen molar-refractivity contribution in [1.82, 2.24) is 20.5 Å². The minimum Gasteiger partial charge on any atom is -0.468 e. The van der Waals surface area contributed by atoms with Crippen molar-refractivity contribution < 1.29 is 4.42 Å². The van der Waals surface area contributed by atoms with E-state index < -0.39 is 0 Å². The molecule has 6 nitrogen and oxygen atoms in total. The largest absolute Gasteiger partial charge is 0.468 e. The molecule has 26 heavy (non-hydrogen) atoms. The number of thiazole rings is 1. The highest BCUT2D eigenvalue weighted by molar-refractivity contribution is 7.11. The monoisotopic (exact) mass is 375 g/mol. The van der Waals surface area contributed by atoms with Crippen molar-refractivity contribution in [2.75, 3.05) is 26.7 Å². The van der Waals surface area contributed by atoms with E-state index in [9.17, 15) is 0 Å².